The van der Waals surface area contributed by atoms with Crippen LogP contribution < -0.4 is 0 Å². The second kappa shape index (κ2) is 5.06. The van der Waals surface area contributed by atoms with Gasteiger partial charge in [-0.05, 0) is 36.0 Å². The smallest absolute Gasteiger partial charge is 0.0146 e. The summed E-state index contributed by atoms with van der Waals surface area (Å²) < 4.78 is 0. The van der Waals surface area contributed by atoms with E-state index in [2.05, 4.69) is 39.0 Å². The summed E-state index contributed by atoms with van der Waals surface area (Å²) in [7, 11) is 0. The molecule has 0 aliphatic heterocycles. The molecule has 0 bridgehead atoms. The van der Waals surface area contributed by atoms with Crippen molar-refractivity contribution in [2.45, 2.75) is 40.0 Å². The Balaban J connectivity index is 2.78. The molecule has 0 aliphatic carbocycles. The Labute approximate surface area is 82.0 Å². The summed E-state index contributed by atoms with van der Waals surface area (Å²) in [5.74, 6) is 0.731. The summed E-state index contributed by atoms with van der Waals surface area (Å²) in [5.41, 5.74) is 2.90. The fourth-order valence-corrected chi connectivity index (χ4v) is 1.61. The van der Waals surface area contributed by atoms with Crippen LogP contribution in [0.4, 0.5) is 0 Å². The lowest BCUT2D eigenvalue weighted by atomic mass is 9.96. The fraction of sp³-hybridized carbons (Fsp3) is 0.538. The van der Waals surface area contributed by atoms with Gasteiger partial charge in [-0.15, -0.1) is 0 Å². The van der Waals surface area contributed by atoms with Crippen molar-refractivity contribution < 1.29 is 0 Å². The van der Waals surface area contributed by atoms with Crippen molar-refractivity contribution in [2.75, 3.05) is 0 Å². The van der Waals surface area contributed by atoms with Gasteiger partial charge in [0.2, 0.25) is 0 Å². The number of rotatable bonds is 4. The molecule has 0 spiro atoms. The van der Waals surface area contributed by atoms with Crippen molar-refractivity contribution in [1.29, 1.82) is 0 Å². The highest BCUT2D eigenvalue weighted by molar-refractivity contribution is 5.26. The first-order valence-electron chi connectivity index (χ1n) is 5.22. The van der Waals surface area contributed by atoms with E-state index in [1.54, 1.807) is 0 Å². The van der Waals surface area contributed by atoms with E-state index < -0.39 is 0 Å². The number of aryl methyl sites for hydroxylation is 1. The maximum atomic E-state index is 3.35. The third-order valence-corrected chi connectivity index (χ3v) is 2.17. The van der Waals surface area contributed by atoms with Crippen LogP contribution in [-0.2, 0) is 12.8 Å². The van der Waals surface area contributed by atoms with Gasteiger partial charge >= 0.3 is 0 Å². The molecule has 0 aromatic heterocycles. The largest absolute Gasteiger partial charge is 0.0651 e. The van der Waals surface area contributed by atoms with Crippen LogP contribution >= 0.6 is 0 Å². The summed E-state index contributed by atoms with van der Waals surface area (Å²) in [6.45, 7) is 6.75. The zero-order valence-electron chi connectivity index (χ0n) is 8.93. The molecule has 0 unspecified atom stereocenters. The minimum atomic E-state index is 0.731. The second-order valence-electron chi connectivity index (χ2n) is 4.02. The Morgan fingerprint density at radius 1 is 1.38 bits per heavy atom. The molecule has 0 N–H and O–H groups in total. The maximum Gasteiger partial charge on any atom is -0.0146 e. The third kappa shape index (κ3) is 3.22. The van der Waals surface area contributed by atoms with Gasteiger partial charge in [-0.25, -0.2) is 0 Å². The minimum Gasteiger partial charge on any atom is -0.0651 e. The van der Waals surface area contributed by atoms with Crippen LogP contribution in [0.15, 0.2) is 18.2 Å². The molecule has 0 amide bonds. The monoisotopic (exact) mass is 175 g/mol. The molecule has 0 saturated heterocycles. The van der Waals surface area contributed by atoms with E-state index in [0.717, 1.165) is 12.3 Å². The average molecular weight is 175 g/mol. The van der Waals surface area contributed by atoms with Gasteiger partial charge in [-0.1, -0.05) is 45.4 Å². The normalized spacial score (nSPS) is 10.8. The van der Waals surface area contributed by atoms with Gasteiger partial charge in [0.15, 0.2) is 0 Å². The molecule has 0 nitrogen and oxygen atoms in total. The summed E-state index contributed by atoms with van der Waals surface area (Å²) >= 11 is 0. The van der Waals surface area contributed by atoms with E-state index in [-0.39, 0.29) is 0 Å². The Hall–Kier alpha value is -0.780. The van der Waals surface area contributed by atoms with Crippen LogP contribution in [0, 0.1) is 12.0 Å². The minimum absolute atomic E-state index is 0.731. The topological polar surface area (TPSA) is 0 Å². The lowest BCUT2D eigenvalue weighted by Crippen LogP contribution is -1.99. The van der Waals surface area contributed by atoms with Crippen molar-refractivity contribution in [3.05, 3.63) is 35.4 Å². The Morgan fingerprint density at radius 3 is 2.77 bits per heavy atom. The molecule has 0 aliphatic rings. The van der Waals surface area contributed by atoms with Crippen molar-refractivity contribution in [3.8, 4) is 0 Å². The number of benzene rings is 1. The highest BCUT2D eigenvalue weighted by atomic mass is 14.1. The molecule has 0 heterocycles. The molecule has 1 rings (SSSR count). The quantitative estimate of drug-likeness (QED) is 0.655. The summed E-state index contributed by atoms with van der Waals surface area (Å²) in [6, 6.07) is 9.70. The predicted molar refractivity (Wildman–Crippen MR) is 57.8 cm³/mol. The van der Waals surface area contributed by atoms with E-state index in [4.69, 9.17) is 0 Å². The number of hydrogen-bond donors (Lipinski definition) is 0. The zero-order valence-corrected chi connectivity index (χ0v) is 8.93. The highest BCUT2D eigenvalue weighted by Crippen LogP contribution is 2.14. The highest BCUT2D eigenvalue weighted by Gasteiger charge is 2.02. The van der Waals surface area contributed by atoms with E-state index in [1.165, 1.54) is 24.0 Å². The molecule has 71 valence electrons. The first kappa shape index (κ1) is 10.3. The Morgan fingerprint density at radius 2 is 2.15 bits per heavy atom. The van der Waals surface area contributed by atoms with Gasteiger partial charge in [0, 0.05) is 0 Å². The van der Waals surface area contributed by atoms with Crippen LogP contribution in [0.25, 0.3) is 0 Å². The van der Waals surface area contributed by atoms with Crippen LogP contribution in [0.3, 0.4) is 0 Å². The molecule has 1 aromatic carbocycles. The molecule has 0 saturated carbocycles. The molecule has 13 heavy (non-hydrogen) atoms. The van der Waals surface area contributed by atoms with Crippen LogP contribution in [0.5, 0.6) is 0 Å². The van der Waals surface area contributed by atoms with Gasteiger partial charge in [-0.2, -0.15) is 0 Å². The van der Waals surface area contributed by atoms with Gasteiger partial charge in [0.25, 0.3) is 0 Å². The predicted octanol–water partition coefficient (Wildman–Crippen LogP) is 3.64. The standard InChI is InChI=1S/C13H19/c1-4-7-12-8-5-6-9-13(12)10-11(2)3/h5-6,8,11H,4,7,10H2,1-3H3. The van der Waals surface area contributed by atoms with Crippen molar-refractivity contribution in [3.63, 3.8) is 0 Å². The van der Waals surface area contributed by atoms with Crippen LogP contribution in [-0.4, -0.2) is 0 Å². The molecule has 0 fully saturated rings. The Bertz CT molecular complexity index is 248. The van der Waals surface area contributed by atoms with Crippen LogP contribution in [0.1, 0.15) is 38.3 Å². The molecule has 0 atom stereocenters. The van der Waals surface area contributed by atoms with E-state index >= 15 is 0 Å². The third-order valence-electron chi connectivity index (χ3n) is 2.17. The summed E-state index contributed by atoms with van der Waals surface area (Å²) in [4.78, 5) is 0. The lowest BCUT2D eigenvalue weighted by molar-refractivity contribution is 0.641. The molecule has 0 heteroatoms. The van der Waals surface area contributed by atoms with Crippen molar-refractivity contribution in [2.24, 2.45) is 5.92 Å². The van der Waals surface area contributed by atoms with E-state index in [1.807, 2.05) is 6.07 Å². The van der Waals surface area contributed by atoms with Gasteiger partial charge < -0.3 is 0 Å². The van der Waals surface area contributed by atoms with E-state index in [9.17, 15) is 0 Å². The molecular weight excluding hydrogens is 156 g/mol. The van der Waals surface area contributed by atoms with Gasteiger partial charge in [0.1, 0.15) is 0 Å². The fourth-order valence-electron chi connectivity index (χ4n) is 1.61. The summed E-state index contributed by atoms with van der Waals surface area (Å²) in [6.07, 6.45) is 3.58. The first-order valence-corrected chi connectivity index (χ1v) is 5.22. The average Bonchev–Trinajstić information content (AvgIpc) is 2.08. The van der Waals surface area contributed by atoms with E-state index in [0.29, 0.717) is 0 Å². The zero-order chi connectivity index (χ0) is 9.68. The van der Waals surface area contributed by atoms with Gasteiger partial charge in [-0.3, -0.25) is 0 Å². The molecule has 1 aromatic rings. The maximum absolute atomic E-state index is 3.35. The van der Waals surface area contributed by atoms with Crippen LogP contribution in [0.2, 0.25) is 0 Å². The van der Waals surface area contributed by atoms with Crippen molar-refractivity contribution >= 4 is 0 Å². The first-order chi connectivity index (χ1) is 6.24. The van der Waals surface area contributed by atoms with Crippen molar-refractivity contribution in [1.82, 2.24) is 0 Å². The molecular formula is C13H19. The SMILES string of the molecule is CCCc1ccc[c]c1CC(C)C. The Kier molecular flexibility index (Phi) is 4.01. The van der Waals surface area contributed by atoms with Gasteiger partial charge in [0.05, 0.1) is 0 Å². The summed E-state index contributed by atoms with van der Waals surface area (Å²) in [5, 5.41) is 0. The number of hydrogen-bond acceptors (Lipinski definition) is 0. The second-order valence-corrected chi connectivity index (χ2v) is 4.02. The molecule has 1 radical (unpaired) electrons. The lowest BCUT2D eigenvalue weighted by Gasteiger charge is -2.09.